The third-order valence-electron chi connectivity index (χ3n) is 5.66. The number of methoxy groups -OCH3 is 1. The van der Waals surface area contributed by atoms with Gasteiger partial charge in [-0.05, 0) is 48.9 Å². The molecular formula is C25H25N5O3. The second-order valence-electron chi connectivity index (χ2n) is 7.84. The van der Waals surface area contributed by atoms with E-state index < -0.39 is 5.66 Å². The van der Waals surface area contributed by atoms with Crippen molar-refractivity contribution in [1.29, 1.82) is 0 Å². The first-order valence-electron chi connectivity index (χ1n) is 10.7. The Hall–Kier alpha value is -3.88. The average Bonchev–Trinajstić information content (AvgIpc) is 3.29. The van der Waals surface area contributed by atoms with Crippen molar-refractivity contribution >= 4 is 17.5 Å². The number of fused-ring (bicyclic) bond motifs is 2. The number of anilines is 1. The maximum absolute atomic E-state index is 7.00. The largest absolute Gasteiger partial charge is 0.491 e. The van der Waals surface area contributed by atoms with Crippen LogP contribution in [-0.4, -0.2) is 36.3 Å². The fraction of sp³-hybridized carbons (Fsp3) is 0.200. The SMILES string of the molecule is COCCOc1ccc2c(c1)C(N)(c1cccc(C)c1Oc1ccc3ccnn3c1)N=CN2. The van der Waals surface area contributed by atoms with E-state index in [0.29, 0.717) is 30.5 Å². The molecule has 0 saturated heterocycles. The van der Waals surface area contributed by atoms with Gasteiger partial charge in [0.25, 0.3) is 0 Å². The van der Waals surface area contributed by atoms with E-state index in [0.717, 1.165) is 27.9 Å². The zero-order valence-corrected chi connectivity index (χ0v) is 18.5. The Kier molecular flexibility index (Phi) is 5.45. The van der Waals surface area contributed by atoms with Gasteiger partial charge in [0.15, 0.2) is 5.66 Å². The number of rotatable bonds is 7. The van der Waals surface area contributed by atoms with E-state index >= 15 is 0 Å². The van der Waals surface area contributed by atoms with Crippen LogP contribution in [0.15, 0.2) is 72.0 Å². The number of nitrogens with two attached hydrogens (primary N) is 1. The van der Waals surface area contributed by atoms with E-state index in [2.05, 4.69) is 15.4 Å². The summed E-state index contributed by atoms with van der Waals surface area (Å²) in [6.45, 7) is 2.93. The van der Waals surface area contributed by atoms with Crippen molar-refractivity contribution < 1.29 is 14.2 Å². The number of nitrogens with one attached hydrogen (secondary N) is 1. The van der Waals surface area contributed by atoms with Gasteiger partial charge in [-0.3, -0.25) is 5.73 Å². The van der Waals surface area contributed by atoms with E-state index in [1.807, 2.05) is 67.7 Å². The minimum Gasteiger partial charge on any atom is -0.491 e. The highest BCUT2D eigenvalue weighted by Crippen LogP contribution is 2.43. The van der Waals surface area contributed by atoms with E-state index in [1.165, 1.54) is 0 Å². The Labute approximate surface area is 191 Å². The number of hydrogen-bond donors (Lipinski definition) is 2. The van der Waals surface area contributed by atoms with Crippen molar-refractivity contribution in [3.8, 4) is 17.2 Å². The molecular weight excluding hydrogens is 418 g/mol. The lowest BCUT2D eigenvalue weighted by atomic mass is 9.88. The Morgan fingerprint density at radius 2 is 1.91 bits per heavy atom. The predicted octanol–water partition coefficient (Wildman–Crippen LogP) is 4.07. The highest BCUT2D eigenvalue weighted by atomic mass is 16.5. The van der Waals surface area contributed by atoms with Crippen LogP contribution in [0, 0.1) is 6.92 Å². The molecule has 3 heterocycles. The lowest BCUT2D eigenvalue weighted by Gasteiger charge is -2.33. The molecule has 0 saturated carbocycles. The van der Waals surface area contributed by atoms with Crippen LogP contribution in [0.5, 0.6) is 17.2 Å². The molecule has 168 valence electrons. The van der Waals surface area contributed by atoms with Crippen LogP contribution in [0.2, 0.25) is 0 Å². The van der Waals surface area contributed by atoms with Gasteiger partial charge in [0.1, 0.15) is 23.9 Å². The van der Waals surface area contributed by atoms with Gasteiger partial charge in [-0.15, -0.1) is 0 Å². The van der Waals surface area contributed by atoms with Crippen molar-refractivity contribution in [2.75, 3.05) is 25.6 Å². The topological polar surface area (TPSA) is 95.4 Å². The summed E-state index contributed by atoms with van der Waals surface area (Å²) in [5.41, 5.74) is 10.2. The summed E-state index contributed by atoms with van der Waals surface area (Å²) in [5, 5.41) is 7.48. The van der Waals surface area contributed by atoms with Crippen molar-refractivity contribution in [2.45, 2.75) is 12.6 Å². The molecule has 2 aromatic heterocycles. The first-order chi connectivity index (χ1) is 16.1. The summed E-state index contributed by atoms with van der Waals surface area (Å²) >= 11 is 0. The van der Waals surface area contributed by atoms with Crippen LogP contribution >= 0.6 is 0 Å². The Morgan fingerprint density at radius 3 is 2.79 bits per heavy atom. The van der Waals surface area contributed by atoms with Crippen LogP contribution in [0.25, 0.3) is 5.52 Å². The molecule has 0 fully saturated rings. The molecule has 5 rings (SSSR count). The summed E-state index contributed by atoms with van der Waals surface area (Å²) in [6, 6.07) is 17.4. The van der Waals surface area contributed by atoms with Gasteiger partial charge in [-0.1, -0.05) is 18.2 Å². The monoisotopic (exact) mass is 443 g/mol. The number of ether oxygens (including phenoxy) is 3. The lowest BCUT2D eigenvalue weighted by Crippen LogP contribution is -2.39. The number of pyridine rings is 1. The summed E-state index contributed by atoms with van der Waals surface area (Å²) < 4.78 is 19.1. The molecule has 0 aliphatic carbocycles. The molecule has 1 aliphatic heterocycles. The van der Waals surface area contributed by atoms with Gasteiger partial charge >= 0.3 is 0 Å². The van der Waals surface area contributed by atoms with Crippen LogP contribution in [0.3, 0.4) is 0 Å². The number of hydrogen-bond acceptors (Lipinski definition) is 7. The summed E-state index contributed by atoms with van der Waals surface area (Å²) in [7, 11) is 1.64. The standard InChI is InChI=1S/C25H25N5O3/c1-17-4-3-5-21(24(17)33-20-7-6-18-10-11-29-30(18)15-20)25(26)22-14-19(32-13-12-31-2)8-9-23(22)27-16-28-25/h3-11,14-16H,12-13,26H2,1-2H3,(H,27,28). The molecule has 0 radical (unpaired) electrons. The zero-order valence-electron chi connectivity index (χ0n) is 18.5. The molecule has 1 atom stereocenters. The smallest absolute Gasteiger partial charge is 0.167 e. The second kappa shape index (κ2) is 8.57. The zero-order chi connectivity index (χ0) is 22.8. The average molecular weight is 444 g/mol. The Morgan fingerprint density at radius 1 is 1.03 bits per heavy atom. The van der Waals surface area contributed by atoms with Gasteiger partial charge in [0.05, 0.1) is 24.7 Å². The third kappa shape index (κ3) is 3.90. The molecule has 33 heavy (non-hydrogen) atoms. The first kappa shape index (κ1) is 21.0. The van der Waals surface area contributed by atoms with Gasteiger partial charge in [0.2, 0.25) is 0 Å². The number of aryl methyl sites for hydroxylation is 1. The minimum atomic E-state index is -1.17. The van der Waals surface area contributed by atoms with Crippen molar-refractivity contribution in [3.05, 3.63) is 83.7 Å². The second-order valence-corrected chi connectivity index (χ2v) is 7.84. The first-order valence-corrected chi connectivity index (χ1v) is 10.7. The highest BCUT2D eigenvalue weighted by molar-refractivity contribution is 5.83. The van der Waals surface area contributed by atoms with Crippen LogP contribution in [-0.2, 0) is 10.4 Å². The number of aromatic nitrogens is 2. The summed E-state index contributed by atoms with van der Waals surface area (Å²) in [5.74, 6) is 2.00. The molecule has 8 heteroatoms. The van der Waals surface area contributed by atoms with E-state index in [4.69, 9.17) is 19.9 Å². The molecule has 1 unspecified atom stereocenters. The molecule has 2 aromatic carbocycles. The predicted molar refractivity (Wildman–Crippen MR) is 127 cm³/mol. The van der Waals surface area contributed by atoms with Gasteiger partial charge < -0.3 is 19.5 Å². The van der Waals surface area contributed by atoms with Crippen molar-refractivity contribution in [3.63, 3.8) is 0 Å². The maximum atomic E-state index is 7.00. The lowest BCUT2D eigenvalue weighted by molar-refractivity contribution is 0.146. The fourth-order valence-corrected chi connectivity index (χ4v) is 3.95. The molecule has 8 nitrogen and oxygen atoms in total. The summed E-state index contributed by atoms with van der Waals surface area (Å²) in [6.07, 6.45) is 5.21. The number of para-hydroxylation sites is 1. The van der Waals surface area contributed by atoms with Crippen molar-refractivity contribution in [1.82, 2.24) is 9.61 Å². The van der Waals surface area contributed by atoms with Crippen LogP contribution in [0.4, 0.5) is 5.69 Å². The maximum Gasteiger partial charge on any atom is 0.167 e. The van der Waals surface area contributed by atoms with Gasteiger partial charge in [0, 0.05) is 30.1 Å². The molecule has 0 spiro atoms. The minimum absolute atomic E-state index is 0.443. The third-order valence-corrected chi connectivity index (χ3v) is 5.66. The van der Waals surface area contributed by atoms with E-state index in [-0.39, 0.29) is 0 Å². The van der Waals surface area contributed by atoms with Gasteiger partial charge in [-0.25, -0.2) is 9.51 Å². The van der Waals surface area contributed by atoms with Crippen LogP contribution in [0.1, 0.15) is 16.7 Å². The Bertz CT molecular complexity index is 1330. The Balaban J connectivity index is 1.56. The quantitative estimate of drug-likeness (QED) is 0.418. The molecule has 0 bridgehead atoms. The van der Waals surface area contributed by atoms with E-state index in [1.54, 1.807) is 24.2 Å². The van der Waals surface area contributed by atoms with Gasteiger partial charge in [-0.2, -0.15) is 5.10 Å². The van der Waals surface area contributed by atoms with Crippen molar-refractivity contribution in [2.24, 2.45) is 10.7 Å². The van der Waals surface area contributed by atoms with E-state index in [9.17, 15) is 0 Å². The molecule has 3 N–H and O–H groups in total. The number of aliphatic imine (C=N–C) groups is 1. The number of benzene rings is 2. The summed E-state index contributed by atoms with van der Waals surface area (Å²) in [4.78, 5) is 4.66. The normalized spacial score (nSPS) is 16.9. The fourth-order valence-electron chi connectivity index (χ4n) is 3.95. The van der Waals surface area contributed by atoms with Crippen LogP contribution < -0.4 is 20.5 Å². The molecule has 1 aliphatic rings. The molecule has 4 aromatic rings. The molecule has 0 amide bonds. The number of nitrogens with zero attached hydrogens (tertiary/aromatic N) is 3. The highest BCUT2D eigenvalue weighted by Gasteiger charge is 2.37.